The molecule has 5 heteroatoms. The maximum atomic E-state index is 12.4. The SMILES string of the molecule is O=C(CNc1ccccc1N1CCC(CO)CC1)NC(C1CC1)C1CC1. The van der Waals surface area contributed by atoms with E-state index in [-0.39, 0.29) is 12.5 Å². The number of anilines is 2. The van der Waals surface area contributed by atoms with Gasteiger partial charge in [-0.05, 0) is 68.4 Å². The number of amides is 1. The second-order valence-corrected chi connectivity index (χ2v) is 8.25. The Labute approximate surface area is 156 Å². The van der Waals surface area contributed by atoms with Crippen LogP contribution < -0.4 is 15.5 Å². The third-order valence-corrected chi connectivity index (χ3v) is 6.14. The fraction of sp³-hybridized carbons (Fsp3) is 0.667. The molecule has 1 amide bonds. The van der Waals surface area contributed by atoms with Crippen molar-refractivity contribution in [1.82, 2.24) is 5.32 Å². The first-order valence-electron chi connectivity index (χ1n) is 10.2. The number of rotatable bonds is 8. The van der Waals surface area contributed by atoms with Crippen molar-refractivity contribution in [2.75, 3.05) is 36.5 Å². The zero-order valence-electron chi connectivity index (χ0n) is 15.5. The molecule has 1 aromatic rings. The highest BCUT2D eigenvalue weighted by Gasteiger charge is 2.42. The van der Waals surface area contributed by atoms with E-state index in [1.54, 1.807) is 0 Å². The van der Waals surface area contributed by atoms with Crippen LogP contribution in [-0.2, 0) is 4.79 Å². The van der Waals surface area contributed by atoms with Gasteiger partial charge in [0.2, 0.25) is 5.91 Å². The van der Waals surface area contributed by atoms with Gasteiger partial charge in [-0.1, -0.05) is 12.1 Å². The third-order valence-electron chi connectivity index (χ3n) is 6.14. The summed E-state index contributed by atoms with van der Waals surface area (Å²) in [4.78, 5) is 14.8. The van der Waals surface area contributed by atoms with Crippen LogP contribution in [0.2, 0.25) is 0 Å². The highest BCUT2D eigenvalue weighted by molar-refractivity contribution is 5.83. The lowest BCUT2D eigenvalue weighted by molar-refractivity contribution is -0.120. The smallest absolute Gasteiger partial charge is 0.239 e. The van der Waals surface area contributed by atoms with Gasteiger partial charge in [0, 0.05) is 25.7 Å². The Morgan fingerprint density at radius 2 is 1.73 bits per heavy atom. The zero-order chi connectivity index (χ0) is 17.9. The first-order valence-corrected chi connectivity index (χ1v) is 10.2. The summed E-state index contributed by atoms with van der Waals surface area (Å²) in [6, 6.07) is 8.66. The molecule has 1 heterocycles. The molecule has 0 aromatic heterocycles. The van der Waals surface area contributed by atoms with Crippen LogP contribution in [0.15, 0.2) is 24.3 Å². The molecule has 5 nitrogen and oxygen atoms in total. The van der Waals surface area contributed by atoms with Gasteiger partial charge in [-0.25, -0.2) is 0 Å². The number of piperidine rings is 1. The van der Waals surface area contributed by atoms with Crippen LogP contribution in [0.4, 0.5) is 11.4 Å². The molecule has 26 heavy (non-hydrogen) atoms. The Morgan fingerprint density at radius 3 is 2.35 bits per heavy atom. The van der Waals surface area contributed by atoms with Crippen molar-refractivity contribution in [2.45, 2.75) is 44.6 Å². The molecule has 0 unspecified atom stereocenters. The van der Waals surface area contributed by atoms with Crippen LogP contribution in [0.25, 0.3) is 0 Å². The quantitative estimate of drug-likeness (QED) is 0.669. The van der Waals surface area contributed by atoms with Gasteiger partial charge < -0.3 is 20.6 Å². The minimum Gasteiger partial charge on any atom is -0.396 e. The maximum absolute atomic E-state index is 12.4. The van der Waals surface area contributed by atoms with Crippen molar-refractivity contribution in [2.24, 2.45) is 17.8 Å². The molecule has 2 saturated carbocycles. The van der Waals surface area contributed by atoms with Crippen LogP contribution in [0.3, 0.4) is 0 Å². The zero-order valence-corrected chi connectivity index (χ0v) is 15.5. The minimum absolute atomic E-state index is 0.114. The van der Waals surface area contributed by atoms with E-state index in [1.807, 2.05) is 6.07 Å². The van der Waals surface area contributed by atoms with E-state index in [1.165, 1.54) is 25.7 Å². The predicted octanol–water partition coefficient (Wildman–Crippen LogP) is 2.61. The highest BCUT2D eigenvalue weighted by atomic mass is 16.3. The Morgan fingerprint density at radius 1 is 1.08 bits per heavy atom. The lowest BCUT2D eigenvalue weighted by Gasteiger charge is -2.34. The lowest BCUT2D eigenvalue weighted by atomic mass is 9.97. The molecule has 3 aliphatic rings. The van der Waals surface area contributed by atoms with Crippen molar-refractivity contribution in [1.29, 1.82) is 0 Å². The number of benzene rings is 1. The van der Waals surface area contributed by atoms with Gasteiger partial charge in [0.25, 0.3) is 0 Å². The average Bonchev–Trinajstić information content (AvgIpc) is 3.58. The molecule has 0 atom stereocenters. The molecule has 0 spiro atoms. The molecule has 1 aromatic carbocycles. The molecule has 0 radical (unpaired) electrons. The number of carbonyl (C=O) groups is 1. The largest absolute Gasteiger partial charge is 0.396 e. The molecule has 0 bridgehead atoms. The van der Waals surface area contributed by atoms with E-state index in [2.05, 4.69) is 33.7 Å². The van der Waals surface area contributed by atoms with Crippen molar-refractivity contribution < 1.29 is 9.90 Å². The van der Waals surface area contributed by atoms with E-state index in [0.29, 0.717) is 18.5 Å². The van der Waals surface area contributed by atoms with Gasteiger partial charge in [0.1, 0.15) is 0 Å². The van der Waals surface area contributed by atoms with Gasteiger partial charge in [0.05, 0.1) is 17.9 Å². The molecular formula is C21H31N3O2. The van der Waals surface area contributed by atoms with E-state index in [9.17, 15) is 9.90 Å². The van der Waals surface area contributed by atoms with Crippen LogP contribution in [0, 0.1) is 17.8 Å². The molecule has 2 aliphatic carbocycles. The lowest BCUT2D eigenvalue weighted by Crippen LogP contribution is -2.41. The molecule has 142 valence electrons. The van der Waals surface area contributed by atoms with Crippen LogP contribution in [0.1, 0.15) is 38.5 Å². The molecular weight excluding hydrogens is 326 g/mol. The summed E-state index contributed by atoms with van der Waals surface area (Å²) in [5, 5.41) is 16.0. The van der Waals surface area contributed by atoms with Gasteiger partial charge in [-0.2, -0.15) is 0 Å². The number of nitrogens with zero attached hydrogens (tertiary/aromatic N) is 1. The minimum atomic E-state index is 0.114. The van der Waals surface area contributed by atoms with Crippen LogP contribution in [-0.4, -0.2) is 43.3 Å². The van der Waals surface area contributed by atoms with Gasteiger partial charge in [0.15, 0.2) is 0 Å². The van der Waals surface area contributed by atoms with Crippen molar-refractivity contribution in [3.8, 4) is 0 Å². The van der Waals surface area contributed by atoms with E-state index >= 15 is 0 Å². The molecule has 3 N–H and O–H groups in total. The summed E-state index contributed by atoms with van der Waals surface area (Å²) in [7, 11) is 0. The summed E-state index contributed by atoms with van der Waals surface area (Å²) < 4.78 is 0. The molecule has 1 aliphatic heterocycles. The summed E-state index contributed by atoms with van der Waals surface area (Å²) in [5.74, 6) is 2.00. The standard InChI is InChI=1S/C21H31N3O2/c25-14-15-9-11-24(12-10-15)19-4-2-1-3-18(19)22-13-20(26)23-21(16-5-6-16)17-7-8-17/h1-4,15-17,21-22,25H,5-14H2,(H,23,26). The Hall–Kier alpha value is -1.75. The maximum Gasteiger partial charge on any atom is 0.239 e. The average molecular weight is 357 g/mol. The number of carbonyl (C=O) groups excluding carboxylic acids is 1. The fourth-order valence-electron chi connectivity index (χ4n) is 4.20. The number of para-hydroxylation sites is 2. The molecule has 1 saturated heterocycles. The number of hydrogen-bond acceptors (Lipinski definition) is 4. The summed E-state index contributed by atoms with van der Waals surface area (Å²) in [6.45, 7) is 2.54. The summed E-state index contributed by atoms with van der Waals surface area (Å²) in [6.07, 6.45) is 7.16. The predicted molar refractivity (Wildman–Crippen MR) is 104 cm³/mol. The van der Waals surface area contributed by atoms with Crippen LogP contribution in [0.5, 0.6) is 0 Å². The first kappa shape index (κ1) is 17.7. The number of aliphatic hydroxyl groups excluding tert-OH is 1. The van der Waals surface area contributed by atoms with Gasteiger partial charge >= 0.3 is 0 Å². The van der Waals surface area contributed by atoms with E-state index in [0.717, 1.165) is 49.1 Å². The van der Waals surface area contributed by atoms with Gasteiger partial charge in [-0.15, -0.1) is 0 Å². The van der Waals surface area contributed by atoms with Crippen LogP contribution >= 0.6 is 0 Å². The third kappa shape index (κ3) is 4.32. The summed E-state index contributed by atoms with van der Waals surface area (Å²) >= 11 is 0. The number of aliphatic hydroxyl groups is 1. The Bertz CT molecular complexity index is 607. The second kappa shape index (κ2) is 7.87. The van der Waals surface area contributed by atoms with Crippen molar-refractivity contribution >= 4 is 17.3 Å². The monoisotopic (exact) mass is 357 g/mol. The first-order chi connectivity index (χ1) is 12.7. The molecule has 3 fully saturated rings. The molecule has 4 rings (SSSR count). The summed E-state index contributed by atoms with van der Waals surface area (Å²) in [5.41, 5.74) is 2.19. The van der Waals surface area contributed by atoms with E-state index < -0.39 is 0 Å². The van der Waals surface area contributed by atoms with E-state index in [4.69, 9.17) is 0 Å². The second-order valence-electron chi connectivity index (χ2n) is 8.25. The van der Waals surface area contributed by atoms with Crippen molar-refractivity contribution in [3.05, 3.63) is 24.3 Å². The highest BCUT2D eigenvalue weighted by Crippen LogP contribution is 2.44. The topological polar surface area (TPSA) is 64.6 Å². The Balaban J connectivity index is 1.32. The Kier molecular flexibility index (Phi) is 5.34. The number of hydrogen-bond donors (Lipinski definition) is 3. The van der Waals surface area contributed by atoms with Gasteiger partial charge in [-0.3, -0.25) is 4.79 Å². The normalized spacial score (nSPS) is 21.1. The number of nitrogens with one attached hydrogen (secondary N) is 2. The van der Waals surface area contributed by atoms with Crippen molar-refractivity contribution in [3.63, 3.8) is 0 Å². The fourth-order valence-corrected chi connectivity index (χ4v) is 4.20.